The molecule has 1 heterocycles. The second kappa shape index (κ2) is 10.6. The summed E-state index contributed by atoms with van der Waals surface area (Å²) in [5.41, 5.74) is 4.82. The van der Waals surface area contributed by atoms with Crippen molar-refractivity contribution in [3.8, 4) is 11.5 Å². The molecule has 1 aromatic heterocycles. The first kappa shape index (κ1) is 22.9. The Morgan fingerprint density at radius 3 is 2.18 bits per heavy atom. The van der Waals surface area contributed by atoms with Gasteiger partial charge in [0, 0.05) is 5.92 Å². The number of hydrogen-bond donors (Lipinski definition) is 0. The van der Waals surface area contributed by atoms with Crippen LogP contribution >= 0.6 is 0 Å². The molecule has 0 aliphatic rings. The van der Waals surface area contributed by atoms with Crippen LogP contribution in [0.3, 0.4) is 0 Å². The van der Waals surface area contributed by atoms with E-state index in [1.807, 2.05) is 37.3 Å². The molecule has 0 bridgehead atoms. The summed E-state index contributed by atoms with van der Waals surface area (Å²) in [5.74, 6) is 3.46. The van der Waals surface area contributed by atoms with Crippen LogP contribution in [-0.2, 0) is 13.0 Å². The fraction of sp³-hybridized carbons (Fsp3) is 0.345. The van der Waals surface area contributed by atoms with Crippen LogP contribution in [-0.4, -0.2) is 22.8 Å². The van der Waals surface area contributed by atoms with E-state index < -0.39 is 0 Å². The second-order valence-corrected chi connectivity index (χ2v) is 8.90. The van der Waals surface area contributed by atoms with Crippen molar-refractivity contribution in [1.29, 1.82) is 0 Å². The van der Waals surface area contributed by atoms with Crippen LogP contribution in [0.4, 0.5) is 0 Å². The molecule has 4 aromatic rings. The van der Waals surface area contributed by atoms with Crippen LogP contribution in [0.1, 0.15) is 50.6 Å². The van der Waals surface area contributed by atoms with Crippen LogP contribution in [0.5, 0.6) is 11.5 Å². The first-order chi connectivity index (χ1) is 16.1. The Bertz CT molecular complexity index is 1180. The fourth-order valence-electron chi connectivity index (χ4n) is 4.31. The normalized spacial score (nSPS) is 12.3. The van der Waals surface area contributed by atoms with Gasteiger partial charge in [-0.15, -0.1) is 0 Å². The summed E-state index contributed by atoms with van der Waals surface area (Å²) in [6.07, 6.45) is 1.10. The quantitative estimate of drug-likeness (QED) is 0.269. The van der Waals surface area contributed by atoms with Gasteiger partial charge in [-0.3, -0.25) is 0 Å². The van der Waals surface area contributed by atoms with E-state index in [2.05, 4.69) is 67.8 Å². The maximum absolute atomic E-state index is 6.13. The number of ether oxygens (including phenoxy) is 2. The largest absolute Gasteiger partial charge is 0.490 e. The van der Waals surface area contributed by atoms with E-state index in [-0.39, 0.29) is 5.92 Å². The van der Waals surface area contributed by atoms with Crippen molar-refractivity contribution in [1.82, 2.24) is 9.55 Å². The number of hydrogen-bond acceptors (Lipinski definition) is 3. The number of aromatic nitrogens is 2. The zero-order valence-corrected chi connectivity index (χ0v) is 20.1. The maximum atomic E-state index is 6.13. The van der Waals surface area contributed by atoms with Crippen molar-refractivity contribution in [2.24, 2.45) is 5.92 Å². The lowest BCUT2D eigenvalue weighted by molar-refractivity contribution is 0.266. The molecule has 0 amide bonds. The van der Waals surface area contributed by atoms with Gasteiger partial charge in [0.15, 0.2) is 11.5 Å². The number of imidazole rings is 1. The van der Waals surface area contributed by atoms with Gasteiger partial charge in [-0.2, -0.15) is 0 Å². The maximum Gasteiger partial charge on any atom is 0.161 e. The lowest BCUT2D eigenvalue weighted by atomic mass is 9.96. The summed E-state index contributed by atoms with van der Waals surface area (Å²) in [5, 5.41) is 0. The number of rotatable bonds is 10. The molecule has 3 aromatic carbocycles. The summed E-state index contributed by atoms with van der Waals surface area (Å²) in [4.78, 5) is 5.02. The van der Waals surface area contributed by atoms with Crippen molar-refractivity contribution < 1.29 is 9.47 Å². The topological polar surface area (TPSA) is 36.3 Å². The number of fused-ring (bicyclic) bond motifs is 1. The summed E-state index contributed by atoms with van der Waals surface area (Å²) < 4.78 is 14.1. The Morgan fingerprint density at radius 1 is 0.818 bits per heavy atom. The molecule has 0 N–H and O–H groups in total. The predicted octanol–water partition coefficient (Wildman–Crippen LogP) is 6.86. The average Bonchev–Trinajstić information content (AvgIpc) is 3.19. The van der Waals surface area contributed by atoms with E-state index >= 15 is 0 Å². The van der Waals surface area contributed by atoms with Gasteiger partial charge in [-0.05, 0) is 54.7 Å². The van der Waals surface area contributed by atoms with Crippen LogP contribution in [0, 0.1) is 5.92 Å². The smallest absolute Gasteiger partial charge is 0.161 e. The lowest BCUT2D eigenvalue weighted by Crippen LogP contribution is -2.14. The van der Waals surface area contributed by atoms with Gasteiger partial charge in [0.1, 0.15) is 12.4 Å². The number of nitrogens with zero attached hydrogens (tertiary/aromatic N) is 2. The van der Waals surface area contributed by atoms with E-state index in [1.165, 1.54) is 11.1 Å². The molecule has 4 nitrogen and oxygen atoms in total. The van der Waals surface area contributed by atoms with Crippen molar-refractivity contribution in [3.05, 3.63) is 89.7 Å². The highest BCUT2D eigenvalue weighted by Gasteiger charge is 2.18. The van der Waals surface area contributed by atoms with Gasteiger partial charge in [0.2, 0.25) is 0 Å². The van der Waals surface area contributed by atoms with E-state index in [4.69, 9.17) is 14.5 Å². The predicted molar refractivity (Wildman–Crippen MR) is 135 cm³/mol. The van der Waals surface area contributed by atoms with Crippen molar-refractivity contribution in [2.75, 3.05) is 13.2 Å². The zero-order valence-electron chi connectivity index (χ0n) is 20.1. The number of benzene rings is 3. The minimum Gasteiger partial charge on any atom is -0.490 e. The van der Waals surface area contributed by atoms with Crippen molar-refractivity contribution in [2.45, 2.75) is 46.6 Å². The Balaban J connectivity index is 1.57. The third kappa shape index (κ3) is 5.39. The fourth-order valence-corrected chi connectivity index (χ4v) is 4.31. The van der Waals surface area contributed by atoms with Crippen LogP contribution in [0.15, 0.2) is 72.8 Å². The van der Waals surface area contributed by atoms with Gasteiger partial charge < -0.3 is 14.0 Å². The van der Waals surface area contributed by atoms with Crippen LogP contribution < -0.4 is 9.47 Å². The van der Waals surface area contributed by atoms with Crippen molar-refractivity contribution in [3.63, 3.8) is 0 Å². The summed E-state index contributed by atoms with van der Waals surface area (Å²) in [7, 11) is 0. The van der Waals surface area contributed by atoms with Gasteiger partial charge in [-0.25, -0.2) is 4.98 Å². The minimum absolute atomic E-state index is 0.182. The van der Waals surface area contributed by atoms with E-state index in [0.717, 1.165) is 34.8 Å². The Morgan fingerprint density at radius 2 is 1.48 bits per heavy atom. The van der Waals surface area contributed by atoms with Gasteiger partial charge in [0.25, 0.3) is 0 Å². The van der Waals surface area contributed by atoms with E-state index in [1.54, 1.807) is 0 Å². The Kier molecular flexibility index (Phi) is 7.33. The molecular formula is C29H34N2O2. The van der Waals surface area contributed by atoms with Crippen LogP contribution in [0.2, 0.25) is 0 Å². The zero-order chi connectivity index (χ0) is 23.2. The first-order valence-corrected chi connectivity index (χ1v) is 12.0. The SMILES string of the molecule is CCOc1ccccc1OCCn1c(C(C)c2ccc(CC(C)C)cc2)nc2ccccc21. The highest BCUT2D eigenvalue weighted by Crippen LogP contribution is 2.29. The molecular weight excluding hydrogens is 408 g/mol. The minimum atomic E-state index is 0.182. The summed E-state index contributed by atoms with van der Waals surface area (Å²) >= 11 is 0. The summed E-state index contributed by atoms with van der Waals surface area (Å²) in [6.45, 7) is 10.6. The molecule has 0 fully saturated rings. The lowest BCUT2D eigenvalue weighted by Gasteiger charge is -2.17. The molecule has 0 radical (unpaired) electrons. The third-order valence-corrected chi connectivity index (χ3v) is 5.92. The molecule has 0 aliphatic carbocycles. The molecule has 33 heavy (non-hydrogen) atoms. The van der Waals surface area contributed by atoms with Crippen LogP contribution in [0.25, 0.3) is 11.0 Å². The highest BCUT2D eigenvalue weighted by molar-refractivity contribution is 5.76. The Labute approximate surface area is 197 Å². The van der Waals surface area contributed by atoms with Crippen molar-refractivity contribution >= 4 is 11.0 Å². The molecule has 1 atom stereocenters. The van der Waals surface area contributed by atoms with E-state index in [0.29, 0.717) is 25.7 Å². The average molecular weight is 443 g/mol. The first-order valence-electron chi connectivity index (χ1n) is 12.0. The van der Waals surface area contributed by atoms with Gasteiger partial charge in [0.05, 0.1) is 24.2 Å². The summed E-state index contributed by atoms with van der Waals surface area (Å²) in [6, 6.07) is 25.2. The monoisotopic (exact) mass is 442 g/mol. The number of para-hydroxylation sites is 4. The molecule has 0 saturated heterocycles. The third-order valence-electron chi connectivity index (χ3n) is 5.92. The second-order valence-electron chi connectivity index (χ2n) is 8.90. The van der Waals surface area contributed by atoms with Gasteiger partial charge >= 0.3 is 0 Å². The molecule has 172 valence electrons. The molecule has 0 spiro atoms. The molecule has 0 aliphatic heterocycles. The highest BCUT2D eigenvalue weighted by atomic mass is 16.5. The van der Waals surface area contributed by atoms with E-state index in [9.17, 15) is 0 Å². The molecule has 1 unspecified atom stereocenters. The molecule has 0 saturated carbocycles. The Hall–Kier alpha value is -3.27. The van der Waals surface area contributed by atoms with Gasteiger partial charge in [-0.1, -0.05) is 69.3 Å². The molecule has 4 rings (SSSR count). The standard InChI is InChI=1S/C29H34N2O2/c1-5-32-27-12-8-9-13-28(27)33-19-18-31-26-11-7-6-10-25(26)30-29(31)22(4)24-16-14-23(15-17-24)20-21(2)3/h6-17,21-22H,5,18-20H2,1-4H3. The molecule has 4 heteroatoms.